The highest BCUT2D eigenvalue weighted by atomic mass is 19.1. The lowest BCUT2D eigenvalue weighted by molar-refractivity contribution is -0.114. The highest BCUT2D eigenvalue weighted by molar-refractivity contribution is 5.87. The monoisotopic (exact) mass is 260 g/mol. The molecule has 0 saturated heterocycles. The predicted octanol–water partition coefficient (Wildman–Crippen LogP) is 2.76. The number of halogens is 1. The zero-order valence-corrected chi connectivity index (χ0v) is 10.4. The molecule has 5 heteroatoms. The van der Waals surface area contributed by atoms with Gasteiger partial charge in [-0.2, -0.15) is 0 Å². The van der Waals surface area contributed by atoms with E-state index in [1.165, 1.54) is 13.0 Å². The van der Waals surface area contributed by atoms with Crippen LogP contribution in [0.4, 0.5) is 10.2 Å². The molecule has 0 saturated carbocycles. The Hall–Kier alpha value is -2.43. The van der Waals surface area contributed by atoms with E-state index in [1.807, 2.05) is 30.3 Å². The van der Waals surface area contributed by atoms with Crippen molar-refractivity contribution in [1.82, 2.24) is 4.98 Å². The number of carbonyl (C=O) groups excluding carboxylic acids is 1. The SMILES string of the molecule is CC(=O)Nc1cc(OCc2ccccc2)c(F)cn1. The van der Waals surface area contributed by atoms with Crippen LogP contribution in [0, 0.1) is 5.82 Å². The van der Waals surface area contributed by atoms with Crippen molar-refractivity contribution in [3.8, 4) is 5.75 Å². The minimum atomic E-state index is -0.565. The first-order valence-corrected chi connectivity index (χ1v) is 5.75. The third-order valence-electron chi connectivity index (χ3n) is 2.36. The number of benzene rings is 1. The van der Waals surface area contributed by atoms with Crippen molar-refractivity contribution >= 4 is 11.7 Å². The van der Waals surface area contributed by atoms with E-state index in [1.54, 1.807) is 0 Å². The van der Waals surface area contributed by atoms with Gasteiger partial charge in [-0.15, -0.1) is 0 Å². The molecular weight excluding hydrogens is 247 g/mol. The maximum atomic E-state index is 13.5. The van der Waals surface area contributed by atoms with Gasteiger partial charge in [0.15, 0.2) is 11.6 Å². The van der Waals surface area contributed by atoms with Crippen LogP contribution in [0.5, 0.6) is 5.75 Å². The number of carbonyl (C=O) groups is 1. The first-order chi connectivity index (χ1) is 9.15. The van der Waals surface area contributed by atoms with Gasteiger partial charge in [-0.25, -0.2) is 9.37 Å². The topological polar surface area (TPSA) is 51.2 Å². The molecule has 0 bridgehead atoms. The number of ether oxygens (including phenoxy) is 1. The minimum Gasteiger partial charge on any atom is -0.486 e. The highest BCUT2D eigenvalue weighted by Gasteiger charge is 2.07. The van der Waals surface area contributed by atoms with Crippen LogP contribution in [0.1, 0.15) is 12.5 Å². The number of aromatic nitrogens is 1. The minimum absolute atomic E-state index is 0.0580. The van der Waals surface area contributed by atoms with Crippen LogP contribution in [0.25, 0.3) is 0 Å². The van der Waals surface area contributed by atoms with Gasteiger partial charge in [-0.1, -0.05) is 30.3 Å². The van der Waals surface area contributed by atoms with Crippen molar-refractivity contribution in [3.05, 3.63) is 54.0 Å². The molecule has 0 unspecified atom stereocenters. The van der Waals surface area contributed by atoms with Gasteiger partial charge in [0.1, 0.15) is 12.4 Å². The van der Waals surface area contributed by atoms with E-state index >= 15 is 0 Å². The largest absolute Gasteiger partial charge is 0.486 e. The molecule has 1 aromatic heterocycles. The number of anilines is 1. The molecule has 1 amide bonds. The van der Waals surface area contributed by atoms with Crippen molar-refractivity contribution in [2.45, 2.75) is 13.5 Å². The van der Waals surface area contributed by atoms with Crippen molar-refractivity contribution in [2.24, 2.45) is 0 Å². The average Bonchev–Trinajstić information content (AvgIpc) is 2.40. The number of amides is 1. The molecule has 4 nitrogen and oxygen atoms in total. The number of nitrogens with zero attached hydrogens (tertiary/aromatic N) is 1. The number of pyridine rings is 1. The van der Waals surface area contributed by atoms with E-state index in [0.717, 1.165) is 11.8 Å². The van der Waals surface area contributed by atoms with Crippen LogP contribution in [-0.2, 0) is 11.4 Å². The lowest BCUT2D eigenvalue weighted by Gasteiger charge is -2.09. The van der Waals surface area contributed by atoms with Crippen molar-refractivity contribution < 1.29 is 13.9 Å². The molecule has 1 aromatic carbocycles. The highest BCUT2D eigenvalue weighted by Crippen LogP contribution is 2.20. The summed E-state index contributed by atoms with van der Waals surface area (Å²) in [5, 5.41) is 2.47. The molecule has 0 radical (unpaired) electrons. The summed E-state index contributed by atoms with van der Waals surface area (Å²) in [6.07, 6.45) is 1.02. The van der Waals surface area contributed by atoms with Gasteiger partial charge in [-0.3, -0.25) is 4.79 Å². The third kappa shape index (κ3) is 3.77. The van der Waals surface area contributed by atoms with Crippen molar-refractivity contribution in [1.29, 1.82) is 0 Å². The van der Waals surface area contributed by atoms with E-state index in [4.69, 9.17) is 4.74 Å². The Labute approximate surface area is 110 Å². The Morgan fingerprint density at radius 2 is 2.11 bits per heavy atom. The summed E-state index contributed by atoms with van der Waals surface area (Å²) in [6.45, 7) is 1.61. The van der Waals surface area contributed by atoms with Gasteiger partial charge in [-0.05, 0) is 5.56 Å². The fourth-order valence-electron chi connectivity index (χ4n) is 1.51. The standard InChI is InChI=1S/C14H13FN2O2/c1-10(18)17-14-7-13(12(15)8-16-14)19-9-11-5-3-2-4-6-11/h2-8H,9H2,1H3,(H,16,17,18). The molecule has 0 aliphatic heterocycles. The van der Waals surface area contributed by atoms with Crippen molar-refractivity contribution in [3.63, 3.8) is 0 Å². The van der Waals surface area contributed by atoms with Gasteiger partial charge >= 0.3 is 0 Å². The van der Waals surface area contributed by atoms with Gasteiger partial charge in [0.2, 0.25) is 5.91 Å². The molecule has 0 aliphatic carbocycles. The van der Waals surface area contributed by atoms with Crippen molar-refractivity contribution in [2.75, 3.05) is 5.32 Å². The second-order valence-electron chi connectivity index (χ2n) is 3.96. The second kappa shape index (κ2) is 5.95. The smallest absolute Gasteiger partial charge is 0.222 e. The lowest BCUT2D eigenvalue weighted by Crippen LogP contribution is -2.08. The summed E-state index contributed by atoms with van der Waals surface area (Å²) < 4.78 is 18.9. The maximum Gasteiger partial charge on any atom is 0.222 e. The molecule has 2 aromatic rings. The molecule has 1 N–H and O–H groups in total. The third-order valence-corrected chi connectivity index (χ3v) is 2.36. The first kappa shape index (κ1) is 13.0. The average molecular weight is 260 g/mol. The van der Waals surface area contributed by atoms with Crippen LogP contribution < -0.4 is 10.1 Å². The summed E-state index contributed by atoms with van der Waals surface area (Å²) in [7, 11) is 0. The number of hydrogen-bond donors (Lipinski definition) is 1. The summed E-state index contributed by atoms with van der Waals surface area (Å²) in [4.78, 5) is 14.7. The van der Waals surface area contributed by atoms with E-state index in [-0.39, 0.29) is 24.1 Å². The zero-order valence-electron chi connectivity index (χ0n) is 10.4. The molecule has 0 fully saturated rings. The summed E-state index contributed by atoms with van der Waals surface area (Å²) in [5.41, 5.74) is 0.930. The lowest BCUT2D eigenvalue weighted by atomic mass is 10.2. The van der Waals surface area contributed by atoms with E-state index in [2.05, 4.69) is 10.3 Å². The van der Waals surface area contributed by atoms with Gasteiger partial charge in [0.25, 0.3) is 0 Å². The predicted molar refractivity (Wildman–Crippen MR) is 69.3 cm³/mol. The molecule has 1 heterocycles. The molecule has 0 aliphatic rings. The Bertz CT molecular complexity index is 573. The van der Waals surface area contributed by atoms with E-state index < -0.39 is 5.82 Å². The molecule has 0 spiro atoms. The number of nitrogens with one attached hydrogen (secondary N) is 1. The number of rotatable bonds is 4. The summed E-state index contributed by atoms with van der Waals surface area (Å²) in [5.74, 6) is -0.516. The van der Waals surface area contributed by atoms with Gasteiger partial charge in [0.05, 0.1) is 6.20 Å². The molecule has 19 heavy (non-hydrogen) atoms. The van der Waals surface area contributed by atoms with E-state index in [0.29, 0.717) is 0 Å². The van der Waals surface area contributed by atoms with Crippen LogP contribution >= 0.6 is 0 Å². The zero-order chi connectivity index (χ0) is 13.7. The molecule has 98 valence electrons. The second-order valence-corrected chi connectivity index (χ2v) is 3.96. The fraction of sp³-hybridized carbons (Fsp3) is 0.143. The molecular formula is C14H13FN2O2. The first-order valence-electron chi connectivity index (χ1n) is 5.75. The van der Waals surface area contributed by atoms with Crippen LogP contribution in [0.2, 0.25) is 0 Å². The maximum absolute atomic E-state index is 13.5. The summed E-state index contributed by atoms with van der Waals surface area (Å²) >= 11 is 0. The van der Waals surface area contributed by atoms with Crippen LogP contribution in [-0.4, -0.2) is 10.9 Å². The van der Waals surface area contributed by atoms with Crippen LogP contribution in [0.15, 0.2) is 42.6 Å². The quantitative estimate of drug-likeness (QED) is 0.919. The normalized spacial score (nSPS) is 10.0. The summed E-state index contributed by atoms with van der Waals surface area (Å²) in [6, 6.07) is 10.8. The Morgan fingerprint density at radius 1 is 1.37 bits per heavy atom. The van der Waals surface area contributed by atoms with Gasteiger partial charge < -0.3 is 10.1 Å². The van der Waals surface area contributed by atoms with Crippen LogP contribution in [0.3, 0.4) is 0 Å². The Kier molecular flexibility index (Phi) is 4.07. The number of hydrogen-bond acceptors (Lipinski definition) is 3. The van der Waals surface area contributed by atoms with Gasteiger partial charge in [0, 0.05) is 13.0 Å². The fourth-order valence-corrected chi connectivity index (χ4v) is 1.51. The molecule has 2 rings (SSSR count). The Balaban J connectivity index is 2.08. The molecule has 0 atom stereocenters. The van der Waals surface area contributed by atoms with E-state index in [9.17, 15) is 9.18 Å². The Morgan fingerprint density at radius 3 is 2.79 bits per heavy atom.